The molecule has 4 heteroatoms. The van der Waals surface area contributed by atoms with Crippen LogP contribution in [0.4, 0.5) is 0 Å². The average molecular weight is 263 g/mol. The third-order valence-electron chi connectivity index (χ3n) is 2.84. The van der Waals surface area contributed by atoms with Crippen LogP contribution in [0.1, 0.15) is 38.7 Å². The van der Waals surface area contributed by atoms with Crippen LogP contribution in [0.2, 0.25) is 0 Å². The molecule has 2 N–H and O–H groups in total. The highest BCUT2D eigenvalue weighted by atomic mass is 16.5. The highest BCUT2D eigenvalue weighted by molar-refractivity contribution is 5.85. The lowest BCUT2D eigenvalue weighted by molar-refractivity contribution is -0.149. The Balaban J connectivity index is 2.75. The summed E-state index contributed by atoms with van der Waals surface area (Å²) < 4.78 is 5.05. The van der Waals surface area contributed by atoms with E-state index < -0.39 is 12.0 Å². The molecule has 4 nitrogen and oxygen atoms in total. The average Bonchev–Trinajstić information content (AvgIpc) is 2.35. The van der Waals surface area contributed by atoms with Gasteiger partial charge in [-0.3, -0.25) is 9.59 Å². The Hall–Kier alpha value is -1.68. The Morgan fingerprint density at radius 2 is 1.79 bits per heavy atom. The number of nitrogens with two attached hydrogens (primary N) is 1. The van der Waals surface area contributed by atoms with E-state index in [-0.39, 0.29) is 24.2 Å². The summed E-state index contributed by atoms with van der Waals surface area (Å²) in [6.07, 6.45) is 0.0660. The van der Waals surface area contributed by atoms with Crippen LogP contribution in [-0.4, -0.2) is 23.9 Å². The first-order chi connectivity index (χ1) is 8.91. The SMILES string of the molecule is CC(=O)[C@@H](C[C@@H](N)C(=O)OC(C)C)c1ccccc1. The number of ether oxygens (including phenoxy) is 1. The lowest BCUT2D eigenvalue weighted by Gasteiger charge is -2.19. The van der Waals surface area contributed by atoms with E-state index in [1.165, 1.54) is 6.92 Å². The van der Waals surface area contributed by atoms with Crippen molar-refractivity contribution in [2.24, 2.45) is 5.73 Å². The lowest BCUT2D eigenvalue weighted by atomic mass is 9.89. The molecule has 104 valence electrons. The highest BCUT2D eigenvalue weighted by Crippen LogP contribution is 2.22. The van der Waals surface area contributed by atoms with Crippen LogP contribution in [0.5, 0.6) is 0 Å². The second-order valence-corrected chi connectivity index (χ2v) is 4.90. The standard InChI is InChI=1S/C15H21NO3/c1-10(2)19-15(18)14(16)9-13(11(3)17)12-7-5-4-6-8-12/h4-8,10,13-14H,9,16H2,1-3H3/t13-,14-/m1/s1. The molecule has 0 unspecified atom stereocenters. The van der Waals surface area contributed by atoms with E-state index in [2.05, 4.69) is 0 Å². The van der Waals surface area contributed by atoms with Gasteiger partial charge in [-0.05, 0) is 32.8 Å². The van der Waals surface area contributed by atoms with Gasteiger partial charge in [0.15, 0.2) is 0 Å². The molecule has 0 aliphatic carbocycles. The van der Waals surface area contributed by atoms with Crippen molar-refractivity contribution in [3.8, 4) is 0 Å². The number of ketones is 1. The zero-order valence-electron chi connectivity index (χ0n) is 11.6. The van der Waals surface area contributed by atoms with E-state index in [4.69, 9.17) is 10.5 Å². The summed E-state index contributed by atoms with van der Waals surface area (Å²) in [7, 11) is 0. The van der Waals surface area contributed by atoms with Gasteiger partial charge in [-0.25, -0.2) is 0 Å². The van der Waals surface area contributed by atoms with Gasteiger partial charge in [0.1, 0.15) is 11.8 Å². The summed E-state index contributed by atoms with van der Waals surface area (Å²) in [6.45, 7) is 5.05. The predicted molar refractivity (Wildman–Crippen MR) is 73.7 cm³/mol. The Bertz CT molecular complexity index is 428. The predicted octanol–water partition coefficient (Wildman–Crippen LogP) is 2.03. The first-order valence-corrected chi connectivity index (χ1v) is 6.43. The summed E-state index contributed by atoms with van der Waals surface area (Å²) in [5.41, 5.74) is 6.69. The van der Waals surface area contributed by atoms with Gasteiger partial charge in [-0.15, -0.1) is 0 Å². The zero-order valence-corrected chi connectivity index (χ0v) is 11.6. The molecule has 0 bridgehead atoms. The molecular formula is C15H21NO3. The fourth-order valence-electron chi connectivity index (χ4n) is 1.89. The molecule has 0 saturated carbocycles. The third-order valence-corrected chi connectivity index (χ3v) is 2.84. The molecule has 0 amide bonds. The topological polar surface area (TPSA) is 69.4 Å². The van der Waals surface area contributed by atoms with Gasteiger partial charge in [0, 0.05) is 5.92 Å². The lowest BCUT2D eigenvalue weighted by Crippen LogP contribution is -2.36. The molecule has 0 heterocycles. The normalized spacial score (nSPS) is 13.9. The first kappa shape index (κ1) is 15.4. The summed E-state index contributed by atoms with van der Waals surface area (Å²) in [6, 6.07) is 8.57. The number of hydrogen-bond donors (Lipinski definition) is 1. The van der Waals surface area contributed by atoms with Gasteiger partial charge in [0.25, 0.3) is 0 Å². The zero-order chi connectivity index (χ0) is 14.4. The van der Waals surface area contributed by atoms with Crippen molar-refractivity contribution in [2.45, 2.75) is 45.3 Å². The molecule has 1 aromatic carbocycles. The minimum atomic E-state index is -0.781. The van der Waals surface area contributed by atoms with Crippen LogP contribution >= 0.6 is 0 Å². The fraction of sp³-hybridized carbons (Fsp3) is 0.467. The van der Waals surface area contributed by atoms with E-state index in [0.717, 1.165) is 5.56 Å². The van der Waals surface area contributed by atoms with Gasteiger partial charge in [0.05, 0.1) is 6.10 Å². The maximum absolute atomic E-state index is 11.7. The highest BCUT2D eigenvalue weighted by Gasteiger charge is 2.25. The number of esters is 1. The second-order valence-electron chi connectivity index (χ2n) is 4.90. The van der Waals surface area contributed by atoms with Crippen molar-refractivity contribution in [3.63, 3.8) is 0 Å². The number of Topliss-reactive ketones (excluding diaryl/α,β-unsaturated/α-hetero) is 1. The van der Waals surface area contributed by atoms with Crippen LogP contribution in [0, 0.1) is 0 Å². The van der Waals surface area contributed by atoms with Gasteiger partial charge >= 0.3 is 5.97 Å². The minimum Gasteiger partial charge on any atom is -0.462 e. The summed E-state index contributed by atoms with van der Waals surface area (Å²) >= 11 is 0. The smallest absolute Gasteiger partial charge is 0.323 e. The Labute approximate surface area is 113 Å². The van der Waals surface area contributed by atoms with Gasteiger partial charge in [-0.2, -0.15) is 0 Å². The van der Waals surface area contributed by atoms with Crippen LogP contribution in [0.3, 0.4) is 0 Å². The number of carbonyl (C=O) groups is 2. The quantitative estimate of drug-likeness (QED) is 0.797. The van der Waals surface area contributed by atoms with E-state index in [0.29, 0.717) is 0 Å². The molecule has 19 heavy (non-hydrogen) atoms. The Morgan fingerprint density at radius 1 is 1.21 bits per heavy atom. The van der Waals surface area contributed by atoms with Crippen LogP contribution in [0.15, 0.2) is 30.3 Å². The van der Waals surface area contributed by atoms with Crippen molar-refractivity contribution in [1.29, 1.82) is 0 Å². The van der Waals surface area contributed by atoms with E-state index >= 15 is 0 Å². The molecule has 2 atom stereocenters. The summed E-state index contributed by atoms with van der Waals surface area (Å²) in [4.78, 5) is 23.4. The fourth-order valence-corrected chi connectivity index (χ4v) is 1.89. The summed E-state index contributed by atoms with van der Waals surface area (Å²) in [5, 5.41) is 0. The Morgan fingerprint density at radius 3 is 2.26 bits per heavy atom. The molecule has 0 fully saturated rings. The molecule has 1 rings (SSSR count). The molecule has 0 saturated heterocycles. The Kier molecular flexibility index (Phi) is 5.70. The maximum Gasteiger partial charge on any atom is 0.323 e. The largest absolute Gasteiger partial charge is 0.462 e. The second kappa shape index (κ2) is 7.04. The van der Waals surface area contributed by atoms with Crippen molar-refractivity contribution < 1.29 is 14.3 Å². The molecule has 1 aromatic rings. The molecule has 0 aliphatic heterocycles. The molecule has 0 radical (unpaired) electrons. The monoisotopic (exact) mass is 263 g/mol. The van der Waals surface area contributed by atoms with Crippen LogP contribution in [0.25, 0.3) is 0 Å². The van der Waals surface area contributed by atoms with Gasteiger partial charge in [-0.1, -0.05) is 30.3 Å². The van der Waals surface area contributed by atoms with Crippen LogP contribution in [-0.2, 0) is 14.3 Å². The number of rotatable bonds is 6. The number of benzene rings is 1. The van der Waals surface area contributed by atoms with Crippen molar-refractivity contribution in [1.82, 2.24) is 0 Å². The van der Waals surface area contributed by atoms with E-state index in [1.807, 2.05) is 30.3 Å². The third kappa shape index (κ3) is 4.83. The molecular weight excluding hydrogens is 242 g/mol. The molecule has 0 aliphatic rings. The minimum absolute atomic E-state index is 0.000929. The van der Waals surface area contributed by atoms with Crippen molar-refractivity contribution >= 4 is 11.8 Å². The summed E-state index contributed by atoms with van der Waals surface area (Å²) in [5.74, 6) is -0.827. The van der Waals surface area contributed by atoms with Gasteiger partial charge < -0.3 is 10.5 Å². The molecule has 0 spiro atoms. The number of hydrogen-bond acceptors (Lipinski definition) is 4. The maximum atomic E-state index is 11.7. The van der Waals surface area contributed by atoms with Gasteiger partial charge in [0.2, 0.25) is 0 Å². The first-order valence-electron chi connectivity index (χ1n) is 6.43. The van der Waals surface area contributed by atoms with Crippen LogP contribution < -0.4 is 5.73 Å². The van der Waals surface area contributed by atoms with E-state index in [9.17, 15) is 9.59 Å². The van der Waals surface area contributed by atoms with E-state index in [1.54, 1.807) is 13.8 Å². The van der Waals surface area contributed by atoms with Crippen molar-refractivity contribution in [3.05, 3.63) is 35.9 Å². The van der Waals surface area contributed by atoms with Crippen molar-refractivity contribution in [2.75, 3.05) is 0 Å². The number of carbonyl (C=O) groups excluding carboxylic acids is 2. The molecule has 0 aromatic heterocycles.